The molecule has 1 unspecified atom stereocenters. The van der Waals surface area contributed by atoms with Gasteiger partial charge in [-0.2, -0.15) is 0 Å². The SMILES string of the molecule is CC1(C)C(=O)NCCN1C(=O)C1CCNC1. The predicted molar refractivity (Wildman–Crippen MR) is 59.8 cm³/mol. The summed E-state index contributed by atoms with van der Waals surface area (Å²) >= 11 is 0. The summed E-state index contributed by atoms with van der Waals surface area (Å²) in [6.07, 6.45) is 0.882. The van der Waals surface area contributed by atoms with Crippen molar-refractivity contribution < 1.29 is 9.59 Å². The molecule has 0 aromatic carbocycles. The third kappa shape index (κ3) is 1.80. The second-order valence-electron chi connectivity index (χ2n) is 4.99. The van der Waals surface area contributed by atoms with Gasteiger partial charge in [0.05, 0.1) is 5.92 Å². The van der Waals surface area contributed by atoms with E-state index in [-0.39, 0.29) is 17.7 Å². The molecule has 0 bridgehead atoms. The van der Waals surface area contributed by atoms with Gasteiger partial charge in [-0.15, -0.1) is 0 Å². The first-order valence-corrected chi connectivity index (χ1v) is 5.84. The van der Waals surface area contributed by atoms with Crippen LogP contribution in [-0.2, 0) is 9.59 Å². The molecule has 5 heteroatoms. The number of amides is 2. The average molecular weight is 225 g/mol. The van der Waals surface area contributed by atoms with E-state index in [1.165, 1.54) is 0 Å². The van der Waals surface area contributed by atoms with Crippen LogP contribution in [0, 0.1) is 5.92 Å². The second-order valence-corrected chi connectivity index (χ2v) is 4.99. The molecule has 16 heavy (non-hydrogen) atoms. The number of carbonyl (C=O) groups excluding carboxylic acids is 2. The van der Waals surface area contributed by atoms with E-state index >= 15 is 0 Å². The Morgan fingerprint density at radius 2 is 2.19 bits per heavy atom. The van der Waals surface area contributed by atoms with Crippen LogP contribution < -0.4 is 10.6 Å². The summed E-state index contributed by atoms with van der Waals surface area (Å²) in [5.74, 6) is 0.105. The zero-order valence-corrected chi connectivity index (χ0v) is 9.88. The second kappa shape index (κ2) is 4.05. The van der Waals surface area contributed by atoms with Crippen molar-refractivity contribution in [3.8, 4) is 0 Å². The smallest absolute Gasteiger partial charge is 0.245 e. The monoisotopic (exact) mass is 225 g/mol. The molecule has 5 nitrogen and oxygen atoms in total. The molecule has 0 radical (unpaired) electrons. The van der Waals surface area contributed by atoms with E-state index in [1.54, 1.807) is 4.90 Å². The summed E-state index contributed by atoms with van der Waals surface area (Å²) in [5, 5.41) is 5.98. The Morgan fingerprint density at radius 1 is 1.44 bits per heavy atom. The van der Waals surface area contributed by atoms with Crippen LogP contribution >= 0.6 is 0 Å². The molecule has 0 saturated carbocycles. The topological polar surface area (TPSA) is 61.4 Å². The standard InChI is InChI=1S/C11H19N3O2/c1-11(2)10(16)13-5-6-14(11)9(15)8-3-4-12-7-8/h8,12H,3-7H2,1-2H3,(H,13,16). The summed E-state index contributed by atoms with van der Waals surface area (Å²) in [6.45, 7) is 6.44. The molecular formula is C11H19N3O2. The molecule has 2 aliphatic heterocycles. The summed E-state index contributed by atoms with van der Waals surface area (Å²) in [6, 6.07) is 0. The van der Waals surface area contributed by atoms with Gasteiger partial charge in [-0.3, -0.25) is 9.59 Å². The Hall–Kier alpha value is -1.10. The highest BCUT2D eigenvalue weighted by Gasteiger charge is 2.42. The fraction of sp³-hybridized carbons (Fsp3) is 0.818. The van der Waals surface area contributed by atoms with Gasteiger partial charge < -0.3 is 15.5 Å². The van der Waals surface area contributed by atoms with Crippen molar-refractivity contribution in [2.24, 2.45) is 5.92 Å². The molecule has 2 saturated heterocycles. The molecule has 2 heterocycles. The Labute approximate surface area is 95.6 Å². The third-order valence-corrected chi connectivity index (χ3v) is 3.53. The molecule has 90 valence electrons. The lowest BCUT2D eigenvalue weighted by molar-refractivity contribution is -0.151. The predicted octanol–water partition coefficient (Wildman–Crippen LogP) is -0.667. The van der Waals surface area contributed by atoms with Gasteiger partial charge >= 0.3 is 0 Å². The number of hydrogen-bond acceptors (Lipinski definition) is 3. The first kappa shape index (κ1) is 11.4. The van der Waals surface area contributed by atoms with Gasteiger partial charge in [-0.1, -0.05) is 0 Å². The average Bonchev–Trinajstić information content (AvgIpc) is 2.74. The van der Waals surface area contributed by atoms with Crippen LogP contribution in [0.2, 0.25) is 0 Å². The van der Waals surface area contributed by atoms with Gasteiger partial charge in [0, 0.05) is 19.6 Å². The number of piperazine rings is 1. The lowest BCUT2D eigenvalue weighted by atomic mass is 9.95. The highest BCUT2D eigenvalue weighted by atomic mass is 16.2. The first-order valence-electron chi connectivity index (χ1n) is 5.84. The minimum atomic E-state index is -0.710. The molecular weight excluding hydrogens is 206 g/mol. The van der Waals surface area contributed by atoms with Crippen molar-refractivity contribution in [1.82, 2.24) is 15.5 Å². The summed E-state index contributed by atoms with van der Waals surface area (Å²) in [4.78, 5) is 25.7. The highest BCUT2D eigenvalue weighted by molar-refractivity contribution is 5.92. The zero-order valence-electron chi connectivity index (χ0n) is 9.88. The van der Waals surface area contributed by atoms with Crippen molar-refractivity contribution in [2.75, 3.05) is 26.2 Å². The number of rotatable bonds is 1. The van der Waals surface area contributed by atoms with E-state index in [2.05, 4.69) is 10.6 Å². The van der Waals surface area contributed by atoms with Gasteiger partial charge in [-0.25, -0.2) is 0 Å². The maximum Gasteiger partial charge on any atom is 0.245 e. The Bertz CT molecular complexity index is 308. The molecule has 0 aromatic heterocycles. The summed E-state index contributed by atoms with van der Waals surface area (Å²) < 4.78 is 0. The van der Waals surface area contributed by atoms with Crippen LogP contribution in [0.3, 0.4) is 0 Å². The van der Waals surface area contributed by atoms with Gasteiger partial charge in [0.1, 0.15) is 5.54 Å². The van der Waals surface area contributed by atoms with Crippen molar-refractivity contribution >= 4 is 11.8 Å². The van der Waals surface area contributed by atoms with Gasteiger partial charge in [0.2, 0.25) is 11.8 Å². The van der Waals surface area contributed by atoms with E-state index in [0.717, 1.165) is 19.5 Å². The van der Waals surface area contributed by atoms with Gasteiger partial charge in [0.15, 0.2) is 0 Å². The van der Waals surface area contributed by atoms with E-state index in [1.807, 2.05) is 13.8 Å². The number of nitrogens with zero attached hydrogens (tertiary/aromatic N) is 1. The van der Waals surface area contributed by atoms with Gasteiger partial charge in [-0.05, 0) is 26.8 Å². The molecule has 1 atom stereocenters. The molecule has 2 amide bonds. The minimum Gasteiger partial charge on any atom is -0.352 e. The van der Waals surface area contributed by atoms with Crippen LogP contribution in [0.4, 0.5) is 0 Å². The number of hydrogen-bond donors (Lipinski definition) is 2. The van der Waals surface area contributed by atoms with Crippen LogP contribution in [-0.4, -0.2) is 48.4 Å². The highest BCUT2D eigenvalue weighted by Crippen LogP contribution is 2.22. The molecule has 2 aliphatic rings. The quantitative estimate of drug-likeness (QED) is 0.622. The van der Waals surface area contributed by atoms with Crippen LogP contribution in [0.5, 0.6) is 0 Å². The fourth-order valence-corrected chi connectivity index (χ4v) is 2.37. The van der Waals surface area contributed by atoms with Crippen LogP contribution in [0.25, 0.3) is 0 Å². The molecule has 0 aromatic rings. The third-order valence-electron chi connectivity index (χ3n) is 3.53. The largest absolute Gasteiger partial charge is 0.352 e. The van der Waals surface area contributed by atoms with Crippen LogP contribution in [0.15, 0.2) is 0 Å². The molecule has 0 spiro atoms. The van der Waals surface area contributed by atoms with Crippen molar-refractivity contribution in [1.29, 1.82) is 0 Å². The van der Waals surface area contributed by atoms with Crippen LogP contribution in [0.1, 0.15) is 20.3 Å². The molecule has 2 fully saturated rings. The fourth-order valence-electron chi connectivity index (χ4n) is 2.37. The lowest BCUT2D eigenvalue weighted by Crippen LogP contribution is -2.64. The van der Waals surface area contributed by atoms with Crippen molar-refractivity contribution in [3.63, 3.8) is 0 Å². The first-order chi connectivity index (χ1) is 7.53. The van der Waals surface area contributed by atoms with E-state index in [4.69, 9.17) is 0 Å². The summed E-state index contributed by atoms with van der Waals surface area (Å²) in [7, 11) is 0. The number of nitrogens with one attached hydrogen (secondary N) is 2. The Balaban J connectivity index is 2.12. The van der Waals surface area contributed by atoms with E-state index in [0.29, 0.717) is 13.1 Å². The van der Waals surface area contributed by atoms with Crippen molar-refractivity contribution in [3.05, 3.63) is 0 Å². The van der Waals surface area contributed by atoms with E-state index < -0.39 is 5.54 Å². The Morgan fingerprint density at radius 3 is 2.81 bits per heavy atom. The maximum absolute atomic E-state index is 12.3. The molecule has 2 rings (SSSR count). The zero-order chi connectivity index (χ0) is 11.8. The van der Waals surface area contributed by atoms with Gasteiger partial charge in [0.25, 0.3) is 0 Å². The number of carbonyl (C=O) groups is 2. The molecule has 2 N–H and O–H groups in total. The normalized spacial score (nSPS) is 29.0. The molecule has 0 aliphatic carbocycles. The van der Waals surface area contributed by atoms with Crippen molar-refractivity contribution in [2.45, 2.75) is 25.8 Å². The summed E-state index contributed by atoms with van der Waals surface area (Å²) in [5.41, 5.74) is -0.710. The lowest BCUT2D eigenvalue weighted by Gasteiger charge is -2.42. The van der Waals surface area contributed by atoms with E-state index in [9.17, 15) is 9.59 Å². The minimum absolute atomic E-state index is 0.0465. The Kier molecular flexibility index (Phi) is 2.88. The maximum atomic E-state index is 12.3.